The number of likely N-dealkylation sites (tertiary alicyclic amines) is 1. The average Bonchev–Trinajstić information content (AvgIpc) is 2.82. The highest BCUT2D eigenvalue weighted by Crippen LogP contribution is 2.23. The summed E-state index contributed by atoms with van der Waals surface area (Å²) in [6.07, 6.45) is 1.12. The van der Waals surface area contributed by atoms with Crippen LogP contribution in [0.1, 0.15) is 34.1 Å². The number of hydrogen-bond acceptors (Lipinski definition) is 3. The fourth-order valence-electron chi connectivity index (χ4n) is 3.30. The molecule has 5 heteroatoms. The number of nitrogens with one attached hydrogen (secondary N) is 1. The molecule has 2 unspecified atom stereocenters. The SMILES string of the molecule is CC(C)C1C(=O)NCC(=O)N1CC1CCN(C(C)C)C1. The summed E-state index contributed by atoms with van der Waals surface area (Å²) < 4.78 is 0. The van der Waals surface area contributed by atoms with E-state index in [1.165, 1.54) is 0 Å². The smallest absolute Gasteiger partial charge is 0.243 e. The second-order valence-electron chi connectivity index (χ2n) is 6.70. The van der Waals surface area contributed by atoms with Crippen molar-refractivity contribution < 1.29 is 9.59 Å². The van der Waals surface area contributed by atoms with Gasteiger partial charge in [-0.05, 0) is 38.6 Å². The van der Waals surface area contributed by atoms with Crippen molar-refractivity contribution in [3.05, 3.63) is 0 Å². The van der Waals surface area contributed by atoms with Crippen LogP contribution in [0, 0.1) is 11.8 Å². The molecule has 0 aliphatic carbocycles. The third-order valence-corrected chi connectivity index (χ3v) is 4.47. The van der Waals surface area contributed by atoms with Gasteiger partial charge in [0.25, 0.3) is 0 Å². The Hall–Kier alpha value is -1.10. The zero-order valence-electron chi connectivity index (χ0n) is 13.1. The zero-order valence-corrected chi connectivity index (χ0v) is 13.1. The average molecular weight is 281 g/mol. The Morgan fingerprint density at radius 2 is 1.95 bits per heavy atom. The van der Waals surface area contributed by atoms with Crippen LogP contribution >= 0.6 is 0 Å². The van der Waals surface area contributed by atoms with Gasteiger partial charge in [-0.1, -0.05) is 13.8 Å². The fraction of sp³-hybridized carbons (Fsp3) is 0.867. The van der Waals surface area contributed by atoms with Crippen molar-refractivity contribution in [2.24, 2.45) is 11.8 Å². The molecule has 0 aromatic heterocycles. The molecule has 0 spiro atoms. The molecule has 1 N–H and O–H groups in total. The molecule has 2 saturated heterocycles. The van der Waals surface area contributed by atoms with Crippen LogP contribution in [0.25, 0.3) is 0 Å². The molecule has 0 aromatic carbocycles. The minimum Gasteiger partial charge on any atom is -0.345 e. The Morgan fingerprint density at radius 1 is 1.25 bits per heavy atom. The molecule has 20 heavy (non-hydrogen) atoms. The van der Waals surface area contributed by atoms with E-state index in [-0.39, 0.29) is 30.3 Å². The lowest BCUT2D eigenvalue weighted by molar-refractivity contribution is -0.148. The Bertz CT molecular complexity index is 381. The van der Waals surface area contributed by atoms with E-state index in [4.69, 9.17) is 0 Å². The van der Waals surface area contributed by atoms with Gasteiger partial charge in [-0.3, -0.25) is 9.59 Å². The topological polar surface area (TPSA) is 52.7 Å². The Morgan fingerprint density at radius 3 is 2.50 bits per heavy atom. The third kappa shape index (κ3) is 3.14. The van der Waals surface area contributed by atoms with Crippen molar-refractivity contribution >= 4 is 11.8 Å². The molecule has 2 rings (SSSR count). The number of carbonyl (C=O) groups excluding carboxylic acids is 2. The minimum atomic E-state index is -0.302. The van der Waals surface area contributed by atoms with E-state index in [1.807, 2.05) is 18.7 Å². The lowest BCUT2D eigenvalue weighted by atomic mass is 9.97. The first-order chi connectivity index (χ1) is 9.40. The molecular formula is C15H27N3O2. The highest BCUT2D eigenvalue weighted by Gasteiger charge is 2.38. The first kappa shape index (κ1) is 15.3. The van der Waals surface area contributed by atoms with Crippen molar-refractivity contribution in [2.75, 3.05) is 26.2 Å². The Balaban J connectivity index is 2.02. The first-order valence-electron chi connectivity index (χ1n) is 7.71. The molecule has 5 nitrogen and oxygen atoms in total. The predicted octanol–water partition coefficient (Wildman–Crippen LogP) is 0.700. The number of piperazine rings is 1. The van der Waals surface area contributed by atoms with E-state index in [0.29, 0.717) is 12.0 Å². The van der Waals surface area contributed by atoms with Crippen LogP contribution in [-0.4, -0.2) is 59.9 Å². The molecule has 114 valence electrons. The van der Waals surface area contributed by atoms with Gasteiger partial charge in [0.05, 0.1) is 6.54 Å². The van der Waals surface area contributed by atoms with E-state index >= 15 is 0 Å². The normalized spacial score (nSPS) is 28.6. The largest absolute Gasteiger partial charge is 0.345 e. The highest BCUT2D eigenvalue weighted by atomic mass is 16.2. The third-order valence-electron chi connectivity index (χ3n) is 4.47. The molecule has 0 saturated carbocycles. The van der Waals surface area contributed by atoms with Crippen LogP contribution in [0.15, 0.2) is 0 Å². The maximum atomic E-state index is 12.2. The molecule has 0 bridgehead atoms. The van der Waals surface area contributed by atoms with Crippen molar-refractivity contribution in [1.29, 1.82) is 0 Å². The van der Waals surface area contributed by atoms with E-state index in [9.17, 15) is 9.59 Å². The molecule has 2 aliphatic heterocycles. The van der Waals surface area contributed by atoms with Gasteiger partial charge in [0.2, 0.25) is 11.8 Å². The number of carbonyl (C=O) groups is 2. The molecule has 2 fully saturated rings. The summed E-state index contributed by atoms with van der Waals surface area (Å²) in [7, 11) is 0. The summed E-state index contributed by atoms with van der Waals surface area (Å²) in [4.78, 5) is 28.4. The Kier molecular flexibility index (Phi) is 4.68. The minimum absolute atomic E-state index is 0.00156. The van der Waals surface area contributed by atoms with Gasteiger partial charge in [0, 0.05) is 19.1 Å². The van der Waals surface area contributed by atoms with Gasteiger partial charge >= 0.3 is 0 Å². The number of nitrogens with zero attached hydrogens (tertiary/aromatic N) is 2. The van der Waals surface area contributed by atoms with Crippen LogP contribution < -0.4 is 5.32 Å². The van der Waals surface area contributed by atoms with Gasteiger partial charge in [0.1, 0.15) is 6.04 Å². The van der Waals surface area contributed by atoms with E-state index in [0.717, 1.165) is 26.1 Å². The van der Waals surface area contributed by atoms with Crippen LogP contribution in [0.5, 0.6) is 0 Å². The lowest BCUT2D eigenvalue weighted by Gasteiger charge is -2.38. The summed E-state index contributed by atoms with van der Waals surface area (Å²) in [5.74, 6) is 0.708. The second-order valence-corrected chi connectivity index (χ2v) is 6.70. The van der Waals surface area contributed by atoms with E-state index in [2.05, 4.69) is 24.1 Å². The summed E-state index contributed by atoms with van der Waals surface area (Å²) >= 11 is 0. The molecule has 0 radical (unpaired) electrons. The van der Waals surface area contributed by atoms with Crippen LogP contribution in [0.4, 0.5) is 0 Å². The predicted molar refractivity (Wildman–Crippen MR) is 78.2 cm³/mol. The maximum absolute atomic E-state index is 12.2. The summed E-state index contributed by atoms with van der Waals surface area (Å²) in [5, 5.41) is 2.70. The van der Waals surface area contributed by atoms with Gasteiger partial charge < -0.3 is 15.1 Å². The van der Waals surface area contributed by atoms with E-state index < -0.39 is 0 Å². The molecule has 0 aromatic rings. The van der Waals surface area contributed by atoms with Gasteiger partial charge in [0.15, 0.2) is 0 Å². The number of amides is 2. The second kappa shape index (κ2) is 6.12. The molecule has 2 atom stereocenters. The summed E-state index contributed by atoms with van der Waals surface area (Å²) in [6.45, 7) is 11.4. The zero-order chi connectivity index (χ0) is 14.9. The standard InChI is InChI=1S/C15H27N3O2/c1-10(2)14-15(20)16-7-13(19)18(14)9-12-5-6-17(8-12)11(3)4/h10-12,14H,5-9H2,1-4H3,(H,16,20). The number of rotatable bonds is 4. The van der Waals surface area contributed by atoms with Crippen molar-refractivity contribution in [3.63, 3.8) is 0 Å². The van der Waals surface area contributed by atoms with Gasteiger partial charge in [-0.2, -0.15) is 0 Å². The maximum Gasteiger partial charge on any atom is 0.243 e. The summed E-state index contributed by atoms with van der Waals surface area (Å²) in [6, 6.07) is 0.255. The number of hydrogen-bond donors (Lipinski definition) is 1. The van der Waals surface area contributed by atoms with E-state index in [1.54, 1.807) is 0 Å². The quantitative estimate of drug-likeness (QED) is 0.825. The van der Waals surface area contributed by atoms with Crippen molar-refractivity contribution in [2.45, 2.75) is 46.2 Å². The van der Waals surface area contributed by atoms with Crippen LogP contribution in [-0.2, 0) is 9.59 Å². The van der Waals surface area contributed by atoms with Crippen LogP contribution in [0.2, 0.25) is 0 Å². The molecular weight excluding hydrogens is 254 g/mol. The Labute approximate surface area is 121 Å². The van der Waals surface area contributed by atoms with Gasteiger partial charge in [-0.25, -0.2) is 0 Å². The summed E-state index contributed by atoms with van der Waals surface area (Å²) in [5.41, 5.74) is 0. The molecule has 2 amide bonds. The first-order valence-corrected chi connectivity index (χ1v) is 7.71. The van der Waals surface area contributed by atoms with Crippen LogP contribution in [0.3, 0.4) is 0 Å². The molecule has 2 aliphatic rings. The lowest BCUT2D eigenvalue weighted by Crippen LogP contribution is -2.61. The molecule has 2 heterocycles. The van der Waals surface area contributed by atoms with Crippen molar-refractivity contribution in [3.8, 4) is 0 Å². The highest BCUT2D eigenvalue weighted by molar-refractivity contribution is 5.94. The fourth-order valence-corrected chi connectivity index (χ4v) is 3.30. The monoisotopic (exact) mass is 281 g/mol. The van der Waals surface area contributed by atoms with Crippen molar-refractivity contribution in [1.82, 2.24) is 15.1 Å². The van der Waals surface area contributed by atoms with Gasteiger partial charge in [-0.15, -0.1) is 0 Å².